The van der Waals surface area contributed by atoms with E-state index in [0.29, 0.717) is 6.04 Å². The van der Waals surface area contributed by atoms with Gasteiger partial charge in [-0.15, -0.1) is 0 Å². The summed E-state index contributed by atoms with van der Waals surface area (Å²) in [5.41, 5.74) is 1.91. The lowest BCUT2D eigenvalue weighted by Gasteiger charge is -2.13. The van der Waals surface area contributed by atoms with Crippen LogP contribution in [0.3, 0.4) is 0 Å². The van der Waals surface area contributed by atoms with E-state index in [1.165, 1.54) is 6.92 Å². The van der Waals surface area contributed by atoms with Gasteiger partial charge in [-0.2, -0.15) is 0 Å². The topological polar surface area (TPSA) is 41.1 Å². The van der Waals surface area contributed by atoms with E-state index in [-0.39, 0.29) is 5.91 Å². The number of rotatable bonds is 4. The molecule has 0 fully saturated rings. The predicted molar refractivity (Wildman–Crippen MR) is 64.1 cm³/mol. The minimum atomic E-state index is -0.0439. The van der Waals surface area contributed by atoms with Crippen molar-refractivity contribution in [1.82, 2.24) is 0 Å². The Bertz CT molecular complexity index is 319. The molecule has 0 unspecified atom stereocenters. The molecule has 0 aliphatic rings. The summed E-state index contributed by atoms with van der Waals surface area (Å²) >= 11 is 0. The van der Waals surface area contributed by atoms with Gasteiger partial charge in [0.25, 0.3) is 0 Å². The van der Waals surface area contributed by atoms with Gasteiger partial charge in [0.15, 0.2) is 0 Å². The van der Waals surface area contributed by atoms with Crippen molar-refractivity contribution in [1.29, 1.82) is 0 Å². The van der Waals surface area contributed by atoms with E-state index in [1.807, 2.05) is 24.3 Å². The number of hydrogen-bond acceptors (Lipinski definition) is 2. The minimum Gasteiger partial charge on any atom is -0.383 e. The maximum absolute atomic E-state index is 10.8. The summed E-state index contributed by atoms with van der Waals surface area (Å²) in [6.07, 6.45) is 1.09. The van der Waals surface area contributed by atoms with Crippen molar-refractivity contribution < 1.29 is 4.79 Å². The summed E-state index contributed by atoms with van der Waals surface area (Å²) in [6.45, 7) is 5.79. The van der Waals surface area contributed by atoms with Crippen LogP contribution in [0.25, 0.3) is 0 Å². The van der Waals surface area contributed by atoms with Crippen LogP contribution < -0.4 is 10.6 Å². The van der Waals surface area contributed by atoms with Crippen molar-refractivity contribution in [2.24, 2.45) is 0 Å². The largest absolute Gasteiger partial charge is 0.383 e. The van der Waals surface area contributed by atoms with E-state index in [0.717, 1.165) is 17.8 Å². The van der Waals surface area contributed by atoms with Crippen LogP contribution in [0.2, 0.25) is 0 Å². The lowest BCUT2D eigenvalue weighted by Crippen LogP contribution is -2.13. The average molecular weight is 206 g/mol. The zero-order chi connectivity index (χ0) is 11.3. The van der Waals surface area contributed by atoms with Crippen LogP contribution in [-0.2, 0) is 4.79 Å². The first-order valence-corrected chi connectivity index (χ1v) is 5.26. The molecule has 2 N–H and O–H groups in total. The molecule has 0 saturated heterocycles. The van der Waals surface area contributed by atoms with E-state index in [9.17, 15) is 4.79 Å². The molecule has 0 aromatic heterocycles. The highest BCUT2D eigenvalue weighted by molar-refractivity contribution is 5.88. The van der Waals surface area contributed by atoms with Gasteiger partial charge in [-0.3, -0.25) is 4.79 Å². The molecule has 3 heteroatoms. The van der Waals surface area contributed by atoms with Crippen LogP contribution in [0.15, 0.2) is 24.3 Å². The summed E-state index contributed by atoms with van der Waals surface area (Å²) in [5.74, 6) is -0.0439. The third-order valence-electron chi connectivity index (χ3n) is 2.23. The molecule has 3 nitrogen and oxygen atoms in total. The number of carbonyl (C=O) groups excluding carboxylic acids is 1. The molecule has 1 aromatic carbocycles. The predicted octanol–water partition coefficient (Wildman–Crippen LogP) is 2.86. The Morgan fingerprint density at radius 2 is 1.80 bits per heavy atom. The SMILES string of the molecule is CC[C@H](C)Nc1ccc(NC(C)=O)cc1. The second-order valence-electron chi connectivity index (χ2n) is 3.71. The van der Waals surface area contributed by atoms with Crippen LogP contribution in [0.4, 0.5) is 11.4 Å². The molecule has 1 amide bonds. The Hall–Kier alpha value is -1.51. The summed E-state index contributed by atoms with van der Waals surface area (Å²) in [6, 6.07) is 8.20. The first kappa shape index (κ1) is 11.6. The van der Waals surface area contributed by atoms with Crippen molar-refractivity contribution in [2.75, 3.05) is 10.6 Å². The van der Waals surface area contributed by atoms with Crippen molar-refractivity contribution in [3.8, 4) is 0 Å². The maximum Gasteiger partial charge on any atom is 0.221 e. The Kier molecular flexibility index (Phi) is 4.16. The minimum absolute atomic E-state index is 0.0439. The molecule has 0 saturated carbocycles. The molecule has 0 spiro atoms. The van der Waals surface area contributed by atoms with Crippen molar-refractivity contribution in [2.45, 2.75) is 33.2 Å². The maximum atomic E-state index is 10.8. The average Bonchev–Trinajstić information content (AvgIpc) is 2.20. The van der Waals surface area contributed by atoms with Gasteiger partial charge in [0, 0.05) is 24.3 Å². The highest BCUT2D eigenvalue weighted by Gasteiger charge is 1.99. The molecule has 15 heavy (non-hydrogen) atoms. The molecule has 0 aliphatic heterocycles. The lowest BCUT2D eigenvalue weighted by molar-refractivity contribution is -0.114. The molecule has 0 bridgehead atoms. The number of hydrogen-bond donors (Lipinski definition) is 2. The third kappa shape index (κ3) is 4.02. The molecule has 0 aliphatic carbocycles. The monoisotopic (exact) mass is 206 g/mol. The van der Waals surface area contributed by atoms with E-state index < -0.39 is 0 Å². The van der Waals surface area contributed by atoms with Gasteiger partial charge in [-0.05, 0) is 37.6 Å². The molecule has 1 aromatic rings. The first-order valence-electron chi connectivity index (χ1n) is 5.26. The highest BCUT2D eigenvalue weighted by Crippen LogP contribution is 2.14. The van der Waals surface area contributed by atoms with Gasteiger partial charge >= 0.3 is 0 Å². The second kappa shape index (κ2) is 5.39. The summed E-state index contributed by atoms with van der Waals surface area (Å²) in [7, 11) is 0. The third-order valence-corrected chi connectivity index (χ3v) is 2.23. The normalized spacial score (nSPS) is 11.9. The van der Waals surface area contributed by atoms with E-state index in [2.05, 4.69) is 24.5 Å². The zero-order valence-electron chi connectivity index (χ0n) is 9.50. The Morgan fingerprint density at radius 1 is 1.27 bits per heavy atom. The molecule has 0 radical (unpaired) electrons. The number of amides is 1. The summed E-state index contributed by atoms with van der Waals surface area (Å²) < 4.78 is 0. The van der Waals surface area contributed by atoms with Crippen LogP contribution >= 0.6 is 0 Å². The molecular weight excluding hydrogens is 188 g/mol. The summed E-state index contributed by atoms with van der Waals surface area (Å²) in [4.78, 5) is 10.8. The van der Waals surface area contributed by atoms with Crippen molar-refractivity contribution in [3.05, 3.63) is 24.3 Å². The fourth-order valence-corrected chi connectivity index (χ4v) is 1.24. The molecule has 1 atom stereocenters. The standard InChI is InChI=1S/C12H18N2O/c1-4-9(2)13-11-5-7-12(8-6-11)14-10(3)15/h5-9,13H,4H2,1-3H3,(H,14,15)/t9-/m0/s1. The molecule has 82 valence electrons. The Balaban J connectivity index is 2.60. The van der Waals surface area contributed by atoms with Gasteiger partial charge in [0.2, 0.25) is 5.91 Å². The van der Waals surface area contributed by atoms with Gasteiger partial charge in [0.05, 0.1) is 0 Å². The van der Waals surface area contributed by atoms with E-state index in [4.69, 9.17) is 0 Å². The van der Waals surface area contributed by atoms with Crippen LogP contribution in [0, 0.1) is 0 Å². The number of anilines is 2. The van der Waals surface area contributed by atoms with Gasteiger partial charge in [0.1, 0.15) is 0 Å². The zero-order valence-corrected chi connectivity index (χ0v) is 9.50. The van der Waals surface area contributed by atoms with Gasteiger partial charge in [-0.25, -0.2) is 0 Å². The molecular formula is C12H18N2O. The van der Waals surface area contributed by atoms with Crippen LogP contribution in [0.5, 0.6) is 0 Å². The lowest BCUT2D eigenvalue weighted by atomic mass is 10.2. The van der Waals surface area contributed by atoms with Gasteiger partial charge in [-0.1, -0.05) is 6.92 Å². The van der Waals surface area contributed by atoms with Gasteiger partial charge < -0.3 is 10.6 Å². The number of nitrogens with one attached hydrogen (secondary N) is 2. The fourth-order valence-electron chi connectivity index (χ4n) is 1.24. The highest BCUT2D eigenvalue weighted by atomic mass is 16.1. The summed E-state index contributed by atoms with van der Waals surface area (Å²) in [5, 5.41) is 6.09. The molecule has 1 rings (SSSR count). The van der Waals surface area contributed by atoms with E-state index in [1.54, 1.807) is 0 Å². The second-order valence-corrected chi connectivity index (χ2v) is 3.71. The number of benzene rings is 1. The first-order chi connectivity index (χ1) is 7.11. The van der Waals surface area contributed by atoms with Crippen molar-refractivity contribution in [3.63, 3.8) is 0 Å². The number of carbonyl (C=O) groups is 1. The smallest absolute Gasteiger partial charge is 0.221 e. The van der Waals surface area contributed by atoms with Crippen molar-refractivity contribution >= 4 is 17.3 Å². The Labute approximate surface area is 90.9 Å². The molecule has 0 heterocycles. The van der Waals surface area contributed by atoms with Crippen LogP contribution in [-0.4, -0.2) is 11.9 Å². The van der Waals surface area contributed by atoms with E-state index >= 15 is 0 Å². The Morgan fingerprint density at radius 3 is 2.27 bits per heavy atom. The fraction of sp³-hybridized carbons (Fsp3) is 0.417. The quantitative estimate of drug-likeness (QED) is 0.795. The van der Waals surface area contributed by atoms with Crippen LogP contribution in [0.1, 0.15) is 27.2 Å².